The third kappa shape index (κ3) is 4.37. The van der Waals surface area contributed by atoms with Crippen molar-refractivity contribution in [2.75, 3.05) is 5.75 Å². The molecule has 0 aromatic carbocycles. The lowest BCUT2D eigenvalue weighted by Gasteiger charge is -2.36. The quantitative estimate of drug-likeness (QED) is 0.744. The molecule has 5 rings (SSSR count). The Labute approximate surface area is 182 Å². The molecule has 1 amide bonds. The van der Waals surface area contributed by atoms with Gasteiger partial charge in [-0.25, -0.2) is 9.98 Å². The lowest BCUT2D eigenvalue weighted by atomic mass is 9.77. The molecule has 0 radical (unpaired) electrons. The number of thioether (sulfide) groups is 1. The van der Waals surface area contributed by atoms with Crippen LogP contribution < -0.4 is 5.32 Å². The van der Waals surface area contributed by atoms with Gasteiger partial charge in [-0.2, -0.15) is 0 Å². The van der Waals surface area contributed by atoms with Gasteiger partial charge < -0.3 is 15.3 Å². The maximum atomic E-state index is 12.8. The third-order valence-corrected chi connectivity index (χ3v) is 7.94. The first-order chi connectivity index (χ1) is 14.4. The molecule has 3 fully saturated rings. The number of aromatic nitrogens is 1. The molecule has 7 heteroatoms. The zero-order chi connectivity index (χ0) is 20.9. The first-order valence-electron chi connectivity index (χ1n) is 11.4. The van der Waals surface area contributed by atoms with Crippen LogP contribution in [-0.2, 0) is 0 Å². The molecule has 0 unspecified atom stereocenters. The molecule has 1 aromatic heterocycles. The summed E-state index contributed by atoms with van der Waals surface area (Å²) in [5.41, 5.74) is -0.0199. The summed E-state index contributed by atoms with van der Waals surface area (Å²) in [7, 11) is 0. The van der Waals surface area contributed by atoms with Crippen molar-refractivity contribution in [1.82, 2.24) is 15.2 Å². The van der Waals surface area contributed by atoms with Crippen molar-refractivity contribution in [3.63, 3.8) is 0 Å². The van der Waals surface area contributed by atoms with Crippen molar-refractivity contribution < 1.29 is 9.90 Å². The number of nitrogens with zero attached hydrogens (tertiary/aromatic N) is 3. The smallest absolute Gasteiger partial charge is 0.253 e. The highest BCUT2D eigenvalue weighted by Gasteiger charge is 2.41. The van der Waals surface area contributed by atoms with E-state index in [2.05, 4.69) is 15.2 Å². The lowest BCUT2D eigenvalue weighted by Crippen LogP contribution is -2.41. The standard InChI is InChI=1S/C23H32N4O2S/c1-23(2,29)15-3-5-16(6-4-15)25-22(28)14-11-19-21(24-12-14)26-20(13-30-19)27(17-7-8-17)18-9-10-18/h11-12,15-18,29H,3-10,13H2,1-2H3,(H,25,28)/t15-,16-. The van der Waals surface area contributed by atoms with Gasteiger partial charge in [-0.1, -0.05) is 0 Å². The number of aliphatic imine (C=N–C) groups is 1. The molecule has 4 aliphatic rings. The number of nitrogens with one attached hydrogen (secondary N) is 1. The van der Waals surface area contributed by atoms with Gasteiger partial charge in [-0.15, -0.1) is 11.8 Å². The van der Waals surface area contributed by atoms with Crippen LogP contribution in [0.25, 0.3) is 0 Å². The Morgan fingerprint density at radius 1 is 1.13 bits per heavy atom. The van der Waals surface area contributed by atoms with Crippen LogP contribution in [0, 0.1) is 5.92 Å². The molecule has 1 aliphatic heterocycles. The molecule has 1 aromatic rings. The SMILES string of the molecule is CC(C)(O)[C@H]1CC[C@H](NC(=O)c2cnc3c(c2)SCC(N(C2CC2)C2CC2)=N3)CC1. The molecule has 2 N–H and O–H groups in total. The van der Waals surface area contributed by atoms with Crippen LogP contribution in [0.4, 0.5) is 5.82 Å². The van der Waals surface area contributed by atoms with Gasteiger partial charge in [0, 0.05) is 24.3 Å². The molecule has 30 heavy (non-hydrogen) atoms. The molecule has 3 aliphatic carbocycles. The number of rotatable bonds is 5. The predicted molar refractivity (Wildman–Crippen MR) is 119 cm³/mol. The largest absolute Gasteiger partial charge is 0.390 e. The second-order valence-electron chi connectivity index (χ2n) is 9.91. The van der Waals surface area contributed by atoms with Crippen molar-refractivity contribution in [2.24, 2.45) is 10.9 Å². The number of pyridine rings is 1. The van der Waals surface area contributed by atoms with Crippen LogP contribution in [0.5, 0.6) is 0 Å². The van der Waals surface area contributed by atoms with Gasteiger partial charge in [-0.3, -0.25) is 4.79 Å². The molecule has 0 spiro atoms. The highest BCUT2D eigenvalue weighted by atomic mass is 32.2. The minimum atomic E-state index is -0.636. The summed E-state index contributed by atoms with van der Waals surface area (Å²) >= 11 is 1.75. The fraction of sp³-hybridized carbons (Fsp3) is 0.696. The molecular weight excluding hydrogens is 396 g/mol. The minimum absolute atomic E-state index is 0.0510. The van der Waals surface area contributed by atoms with Crippen LogP contribution in [0.2, 0.25) is 0 Å². The van der Waals surface area contributed by atoms with E-state index in [0.29, 0.717) is 23.6 Å². The molecule has 3 saturated carbocycles. The molecule has 0 atom stereocenters. The van der Waals surface area contributed by atoms with Crippen LogP contribution in [0.3, 0.4) is 0 Å². The van der Waals surface area contributed by atoms with E-state index in [1.807, 2.05) is 19.9 Å². The highest BCUT2D eigenvalue weighted by molar-refractivity contribution is 8.00. The summed E-state index contributed by atoms with van der Waals surface area (Å²) < 4.78 is 0. The number of fused-ring (bicyclic) bond motifs is 1. The number of amidine groups is 1. The summed E-state index contributed by atoms with van der Waals surface area (Å²) in [4.78, 5) is 25.8. The maximum Gasteiger partial charge on any atom is 0.253 e. The second kappa shape index (κ2) is 7.83. The number of carbonyl (C=O) groups excluding carboxylic acids is 1. The molecule has 0 saturated heterocycles. The van der Waals surface area contributed by atoms with Crippen molar-refractivity contribution in [1.29, 1.82) is 0 Å². The van der Waals surface area contributed by atoms with Crippen molar-refractivity contribution in [2.45, 2.75) is 93.8 Å². The number of aliphatic hydroxyl groups is 1. The Kier molecular flexibility index (Phi) is 5.30. The molecular formula is C23H32N4O2S. The van der Waals surface area contributed by atoms with Crippen molar-refractivity contribution in [3.8, 4) is 0 Å². The number of hydrogen-bond acceptors (Lipinski definition) is 6. The van der Waals surface area contributed by atoms with Gasteiger partial charge in [0.25, 0.3) is 5.91 Å². The van der Waals surface area contributed by atoms with E-state index in [0.717, 1.165) is 42.1 Å². The van der Waals surface area contributed by atoms with E-state index in [4.69, 9.17) is 4.99 Å². The van der Waals surface area contributed by atoms with Crippen LogP contribution in [-0.4, -0.2) is 56.2 Å². The van der Waals surface area contributed by atoms with Gasteiger partial charge in [-0.05, 0) is 77.2 Å². The Morgan fingerprint density at radius 3 is 2.40 bits per heavy atom. The topological polar surface area (TPSA) is 77.8 Å². The predicted octanol–water partition coefficient (Wildman–Crippen LogP) is 3.90. The minimum Gasteiger partial charge on any atom is -0.390 e. The Bertz CT molecular complexity index is 837. The molecule has 0 bridgehead atoms. The van der Waals surface area contributed by atoms with Crippen LogP contribution in [0.15, 0.2) is 22.2 Å². The average Bonchev–Trinajstić information content (AvgIpc) is 3.63. The van der Waals surface area contributed by atoms with Crippen LogP contribution in [0.1, 0.15) is 75.6 Å². The molecule has 2 heterocycles. The van der Waals surface area contributed by atoms with E-state index in [-0.39, 0.29) is 11.9 Å². The van der Waals surface area contributed by atoms with Crippen molar-refractivity contribution >= 4 is 29.3 Å². The fourth-order valence-corrected chi connectivity index (χ4v) is 5.75. The van der Waals surface area contributed by atoms with E-state index < -0.39 is 5.60 Å². The summed E-state index contributed by atoms with van der Waals surface area (Å²) in [6.07, 6.45) is 10.6. The van der Waals surface area contributed by atoms with Gasteiger partial charge in [0.05, 0.1) is 21.8 Å². The summed E-state index contributed by atoms with van der Waals surface area (Å²) in [6.45, 7) is 3.77. The zero-order valence-electron chi connectivity index (χ0n) is 17.9. The molecule has 162 valence electrons. The lowest BCUT2D eigenvalue weighted by molar-refractivity contribution is -0.00257. The molecule has 6 nitrogen and oxygen atoms in total. The normalized spacial score (nSPS) is 26.6. The number of amides is 1. The van der Waals surface area contributed by atoms with E-state index >= 15 is 0 Å². The maximum absolute atomic E-state index is 12.8. The first kappa shape index (κ1) is 20.3. The van der Waals surface area contributed by atoms with Gasteiger partial charge in [0.2, 0.25) is 0 Å². The first-order valence-corrected chi connectivity index (χ1v) is 12.4. The summed E-state index contributed by atoms with van der Waals surface area (Å²) in [5, 5.41) is 13.4. The van der Waals surface area contributed by atoms with Crippen molar-refractivity contribution in [3.05, 3.63) is 17.8 Å². The Balaban J connectivity index is 1.23. The van der Waals surface area contributed by atoms with E-state index in [1.165, 1.54) is 31.5 Å². The van der Waals surface area contributed by atoms with E-state index in [1.54, 1.807) is 18.0 Å². The highest BCUT2D eigenvalue weighted by Crippen LogP contribution is 2.41. The zero-order valence-corrected chi connectivity index (χ0v) is 18.7. The fourth-order valence-electron chi connectivity index (χ4n) is 4.82. The summed E-state index contributed by atoms with van der Waals surface area (Å²) in [5.74, 6) is 3.06. The van der Waals surface area contributed by atoms with E-state index in [9.17, 15) is 9.90 Å². The van der Waals surface area contributed by atoms with Gasteiger partial charge >= 0.3 is 0 Å². The number of hydrogen-bond donors (Lipinski definition) is 2. The second-order valence-corrected chi connectivity index (χ2v) is 10.9. The van der Waals surface area contributed by atoms with Gasteiger partial charge in [0.1, 0.15) is 5.84 Å². The Morgan fingerprint density at radius 2 is 1.80 bits per heavy atom. The summed E-state index contributed by atoms with van der Waals surface area (Å²) in [6, 6.07) is 3.50. The number of carbonyl (C=O) groups is 1. The third-order valence-electron chi connectivity index (χ3n) is 6.93. The average molecular weight is 429 g/mol. The van der Waals surface area contributed by atoms with Crippen LogP contribution >= 0.6 is 11.8 Å². The monoisotopic (exact) mass is 428 g/mol. The van der Waals surface area contributed by atoms with Gasteiger partial charge in [0.15, 0.2) is 5.82 Å². The Hall–Kier alpha value is -1.60.